The molecule has 2 aliphatic rings. The zero-order valence-electron chi connectivity index (χ0n) is 7.66. The Morgan fingerprint density at radius 1 is 1.46 bits per heavy atom. The maximum atomic E-state index is 11.2. The molecule has 0 bridgehead atoms. The van der Waals surface area contributed by atoms with Crippen LogP contribution in [-0.2, 0) is 9.53 Å². The van der Waals surface area contributed by atoms with Gasteiger partial charge in [-0.1, -0.05) is 0 Å². The number of carbonyl (C=O) groups is 1. The summed E-state index contributed by atoms with van der Waals surface area (Å²) >= 11 is 0. The van der Waals surface area contributed by atoms with Gasteiger partial charge in [0.2, 0.25) is 5.91 Å². The summed E-state index contributed by atoms with van der Waals surface area (Å²) in [5.41, 5.74) is 5.59. The van der Waals surface area contributed by atoms with Gasteiger partial charge in [-0.05, 0) is 25.7 Å². The predicted octanol–water partition coefficient (Wildman–Crippen LogP) is -0.229. The van der Waals surface area contributed by atoms with Crippen molar-refractivity contribution < 1.29 is 9.53 Å². The highest BCUT2D eigenvalue weighted by Crippen LogP contribution is 2.21. The second kappa shape index (κ2) is 3.64. The Morgan fingerprint density at radius 2 is 2.15 bits per heavy atom. The van der Waals surface area contributed by atoms with E-state index >= 15 is 0 Å². The number of hydrogen-bond donors (Lipinski definition) is 2. The molecule has 0 unspecified atom stereocenters. The van der Waals surface area contributed by atoms with Gasteiger partial charge in [0, 0.05) is 12.1 Å². The molecule has 0 aromatic heterocycles. The highest BCUT2D eigenvalue weighted by Gasteiger charge is 2.28. The summed E-state index contributed by atoms with van der Waals surface area (Å²) in [7, 11) is 0. The van der Waals surface area contributed by atoms with Crippen LogP contribution in [0.1, 0.15) is 25.7 Å². The quantitative estimate of drug-likeness (QED) is 0.634. The fourth-order valence-electron chi connectivity index (χ4n) is 1.43. The van der Waals surface area contributed by atoms with Crippen LogP contribution in [0, 0.1) is 0 Å². The lowest BCUT2D eigenvalue weighted by atomic mass is 9.90. The molecule has 4 heteroatoms. The lowest BCUT2D eigenvalue weighted by Gasteiger charge is -2.31. The van der Waals surface area contributed by atoms with E-state index < -0.39 is 0 Å². The fraction of sp³-hybridized carbons (Fsp3) is 0.889. The molecule has 0 aliphatic heterocycles. The van der Waals surface area contributed by atoms with Crippen LogP contribution in [-0.4, -0.2) is 30.7 Å². The van der Waals surface area contributed by atoms with E-state index in [1.807, 2.05) is 0 Å². The predicted molar refractivity (Wildman–Crippen MR) is 48.1 cm³/mol. The van der Waals surface area contributed by atoms with Crippen LogP contribution in [0.25, 0.3) is 0 Å². The van der Waals surface area contributed by atoms with Gasteiger partial charge in [-0.25, -0.2) is 0 Å². The molecule has 2 fully saturated rings. The molecule has 0 saturated heterocycles. The van der Waals surface area contributed by atoms with Gasteiger partial charge in [0.1, 0.15) is 6.61 Å². The largest absolute Gasteiger partial charge is 0.368 e. The molecule has 74 valence electrons. The molecule has 0 aromatic rings. The molecule has 0 aromatic carbocycles. The van der Waals surface area contributed by atoms with Crippen LogP contribution in [0.5, 0.6) is 0 Å². The van der Waals surface area contributed by atoms with Crippen LogP contribution < -0.4 is 11.1 Å². The Morgan fingerprint density at radius 3 is 2.69 bits per heavy atom. The van der Waals surface area contributed by atoms with E-state index in [1.165, 1.54) is 0 Å². The third kappa shape index (κ3) is 2.67. The zero-order valence-corrected chi connectivity index (χ0v) is 7.66. The number of nitrogens with two attached hydrogens (primary N) is 1. The standard InChI is InChI=1S/C9H16N2O2/c10-6-3-8(4-6)13-5-9(12)11-7-1-2-7/h6-8H,1-5,10H2,(H,11,12). The zero-order chi connectivity index (χ0) is 9.26. The van der Waals surface area contributed by atoms with E-state index in [4.69, 9.17) is 10.5 Å². The molecule has 2 aliphatic carbocycles. The Hall–Kier alpha value is -0.610. The van der Waals surface area contributed by atoms with E-state index in [0.717, 1.165) is 25.7 Å². The molecule has 4 nitrogen and oxygen atoms in total. The Labute approximate surface area is 77.8 Å². The highest BCUT2D eigenvalue weighted by atomic mass is 16.5. The molecule has 2 rings (SSSR count). The van der Waals surface area contributed by atoms with Crippen molar-refractivity contribution in [3.63, 3.8) is 0 Å². The molecule has 0 spiro atoms. The van der Waals surface area contributed by atoms with Gasteiger partial charge in [0.15, 0.2) is 0 Å². The maximum absolute atomic E-state index is 11.2. The first-order valence-corrected chi connectivity index (χ1v) is 4.90. The van der Waals surface area contributed by atoms with Gasteiger partial charge in [0.05, 0.1) is 6.10 Å². The first-order valence-electron chi connectivity index (χ1n) is 4.90. The molecule has 0 radical (unpaired) electrons. The van der Waals surface area contributed by atoms with Gasteiger partial charge in [0.25, 0.3) is 0 Å². The highest BCUT2D eigenvalue weighted by molar-refractivity contribution is 5.77. The van der Waals surface area contributed by atoms with Gasteiger partial charge in [-0.3, -0.25) is 4.79 Å². The van der Waals surface area contributed by atoms with Crippen molar-refractivity contribution in [1.82, 2.24) is 5.32 Å². The van der Waals surface area contributed by atoms with Crippen LogP contribution in [0.2, 0.25) is 0 Å². The second-order valence-electron chi connectivity index (χ2n) is 4.01. The Bertz CT molecular complexity index is 198. The summed E-state index contributed by atoms with van der Waals surface area (Å²) in [4.78, 5) is 11.2. The first kappa shape index (κ1) is 8.97. The normalized spacial score (nSPS) is 32.4. The third-order valence-electron chi connectivity index (χ3n) is 2.52. The Kier molecular flexibility index (Phi) is 2.51. The second-order valence-corrected chi connectivity index (χ2v) is 4.01. The SMILES string of the molecule is NC1CC(OCC(=O)NC2CC2)C1. The van der Waals surface area contributed by atoms with Crippen molar-refractivity contribution >= 4 is 5.91 Å². The number of carbonyl (C=O) groups excluding carboxylic acids is 1. The molecule has 1 amide bonds. The summed E-state index contributed by atoms with van der Waals surface area (Å²) in [5.74, 6) is 0.0166. The molecule has 0 heterocycles. The van der Waals surface area contributed by atoms with Crippen LogP contribution in [0.4, 0.5) is 0 Å². The minimum absolute atomic E-state index is 0.0166. The number of nitrogens with one attached hydrogen (secondary N) is 1. The van der Waals surface area contributed by atoms with Crippen molar-refractivity contribution in [2.45, 2.75) is 43.9 Å². The number of amides is 1. The van der Waals surface area contributed by atoms with Crippen molar-refractivity contribution in [2.24, 2.45) is 5.73 Å². The topological polar surface area (TPSA) is 64.3 Å². The van der Waals surface area contributed by atoms with Crippen molar-refractivity contribution in [1.29, 1.82) is 0 Å². The van der Waals surface area contributed by atoms with Gasteiger partial charge < -0.3 is 15.8 Å². The monoisotopic (exact) mass is 184 g/mol. The fourth-order valence-corrected chi connectivity index (χ4v) is 1.43. The lowest BCUT2D eigenvalue weighted by molar-refractivity contribution is -0.130. The van der Waals surface area contributed by atoms with Gasteiger partial charge >= 0.3 is 0 Å². The molecular formula is C9H16N2O2. The number of rotatable bonds is 4. The minimum Gasteiger partial charge on any atom is -0.368 e. The average molecular weight is 184 g/mol. The molecule has 2 saturated carbocycles. The van der Waals surface area contributed by atoms with E-state index in [-0.39, 0.29) is 24.7 Å². The van der Waals surface area contributed by atoms with Gasteiger partial charge in [-0.2, -0.15) is 0 Å². The molecule has 13 heavy (non-hydrogen) atoms. The summed E-state index contributed by atoms with van der Waals surface area (Å²) in [6.07, 6.45) is 4.27. The third-order valence-corrected chi connectivity index (χ3v) is 2.52. The van der Waals surface area contributed by atoms with Crippen molar-refractivity contribution in [3.8, 4) is 0 Å². The van der Waals surface area contributed by atoms with E-state index in [0.29, 0.717) is 6.04 Å². The van der Waals surface area contributed by atoms with E-state index in [2.05, 4.69) is 5.32 Å². The Balaban J connectivity index is 1.54. The van der Waals surface area contributed by atoms with Crippen molar-refractivity contribution in [3.05, 3.63) is 0 Å². The smallest absolute Gasteiger partial charge is 0.246 e. The summed E-state index contributed by atoms with van der Waals surface area (Å²) in [6.45, 7) is 0.202. The minimum atomic E-state index is 0.0166. The molecule has 0 atom stereocenters. The van der Waals surface area contributed by atoms with Crippen LogP contribution in [0.3, 0.4) is 0 Å². The van der Waals surface area contributed by atoms with Gasteiger partial charge in [-0.15, -0.1) is 0 Å². The van der Waals surface area contributed by atoms with Crippen LogP contribution in [0.15, 0.2) is 0 Å². The molecule has 3 N–H and O–H groups in total. The maximum Gasteiger partial charge on any atom is 0.246 e. The lowest BCUT2D eigenvalue weighted by Crippen LogP contribution is -2.43. The average Bonchev–Trinajstić information content (AvgIpc) is 2.79. The number of ether oxygens (including phenoxy) is 1. The van der Waals surface area contributed by atoms with Crippen LogP contribution >= 0.6 is 0 Å². The van der Waals surface area contributed by atoms with E-state index in [9.17, 15) is 4.79 Å². The van der Waals surface area contributed by atoms with E-state index in [1.54, 1.807) is 0 Å². The number of hydrogen-bond acceptors (Lipinski definition) is 3. The first-order chi connectivity index (χ1) is 6.24. The van der Waals surface area contributed by atoms with Crippen molar-refractivity contribution in [2.75, 3.05) is 6.61 Å². The summed E-state index contributed by atoms with van der Waals surface area (Å²) in [5, 5.41) is 2.87. The summed E-state index contributed by atoms with van der Waals surface area (Å²) < 4.78 is 5.35. The molecular weight excluding hydrogens is 168 g/mol. The summed E-state index contributed by atoms with van der Waals surface area (Å²) in [6, 6.07) is 0.719.